The van der Waals surface area contributed by atoms with Crippen molar-refractivity contribution >= 4 is 41.5 Å². The topological polar surface area (TPSA) is 69.4 Å². The van der Waals surface area contributed by atoms with Gasteiger partial charge < -0.3 is 10.5 Å². The average Bonchev–Trinajstić information content (AvgIpc) is 2.27. The van der Waals surface area contributed by atoms with Gasteiger partial charge in [-0.1, -0.05) is 45.4 Å². The first-order chi connectivity index (χ1) is 7.70. The van der Waals surface area contributed by atoms with E-state index in [0.29, 0.717) is 6.42 Å². The molecule has 96 valence electrons. The van der Waals surface area contributed by atoms with Gasteiger partial charge in [0.15, 0.2) is 0 Å². The summed E-state index contributed by atoms with van der Waals surface area (Å²) in [4.78, 5) is 21.7. The number of rotatable bonds is 9. The molecule has 0 amide bonds. The van der Waals surface area contributed by atoms with Crippen LogP contribution in [0.4, 0.5) is 0 Å². The van der Waals surface area contributed by atoms with Crippen LogP contribution in [0, 0.1) is 0 Å². The maximum absolute atomic E-state index is 11.0. The van der Waals surface area contributed by atoms with E-state index in [4.69, 9.17) is 5.73 Å². The number of carbonyl (C=O) groups excluding carboxylic acids is 2. The number of carbonyl (C=O) groups is 2. The number of nitrogens with two attached hydrogens (primary N) is 1. The molecule has 0 fully saturated rings. The minimum absolute atomic E-state index is 0. The van der Waals surface area contributed by atoms with E-state index in [1.165, 1.54) is 25.7 Å². The fraction of sp³-hybridized carbons (Fsp3) is 0.833. The molecule has 0 aromatic rings. The van der Waals surface area contributed by atoms with Crippen LogP contribution >= 0.6 is 0 Å². The van der Waals surface area contributed by atoms with Crippen LogP contribution in [0.2, 0.25) is 0 Å². The van der Waals surface area contributed by atoms with E-state index in [1.54, 1.807) is 0 Å². The fourth-order valence-electron chi connectivity index (χ4n) is 1.45. The van der Waals surface area contributed by atoms with Crippen LogP contribution in [0.25, 0.3) is 0 Å². The van der Waals surface area contributed by atoms with Crippen LogP contribution in [-0.2, 0) is 14.3 Å². The van der Waals surface area contributed by atoms with E-state index in [2.05, 4.69) is 11.7 Å². The van der Waals surface area contributed by atoms with Crippen LogP contribution in [0.3, 0.4) is 0 Å². The van der Waals surface area contributed by atoms with Gasteiger partial charge in [-0.2, -0.15) is 0 Å². The second-order valence-electron chi connectivity index (χ2n) is 3.92. The first-order valence-corrected chi connectivity index (χ1v) is 6.14. The van der Waals surface area contributed by atoms with Crippen molar-refractivity contribution in [3.8, 4) is 0 Å². The van der Waals surface area contributed by atoms with Crippen molar-refractivity contribution in [2.24, 2.45) is 5.73 Å². The second kappa shape index (κ2) is 14.2. The summed E-state index contributed by atoms with van der Waals surface area (Å²) in [6, 6.07) is 0. The minimum atomic E-state index is -0.645. The van der Waals surface area contributed by atoms with Gasteiger partial charge in [0.25, 0.3) is 0 Å². The van der Waals surface area contributed by atoms with Crippen molar-refractivity contribution in [3.63, 3.8) is 0 Å². The molecule has 0 radical (unpaired) electrons. The van der Waals surface area contributed by atoms with E-state index in [0.717, 1.165) is 19.3 Å². The summed E-state index contributed by atoms with van der Waals surface area (Å²) in [7, 11) is 0. The molecule has 0 aliphatic rings. The van der Waals surface area contributed by atoms with Crippen LogP contribution in [-0.4, -0.2) is 48.0 Å². The summed E-state index contributed by atoms with van der Waals surface area (Å²) in [5.41, 5.74) is 5.02. The molecule has 0 bridgehead atoms. The molecule has 0 atom stereocenters. The van der Waals surface area contributed by atoms with E-state index >= 15 is 0 Å². The molecule has 0 aromatic carbocycles. The van der Waals surface area contributed by atoms with Crippen molar-refractivity contribution in [1.29, 1.82) is 0 Å². The Labute approximate surface area is 126 Å². The zero-order valence-electron chi connectivity index (χ0n) is 10.2. The third-order valence-corrected chi connectivity index (χ3v) is 2.38. The number of ether oxygens (including phenoxy) is 1. The van der Waals surface area contributed by atoms with E-state index in [1.807, 2.05) is 0 Å². The van der Waals surface area contributed by atoms with Gasteiger partial charge in [0.1, 0.15) is 0 Å². The normalized spacial score (nSPS) is 9.53. The van der Waals surface area contributed by atoms with Crippen LogP contribution in [0.1, 0.15) is 58.3 Å². The molecule has 0 unspecified atom stereocenters. The Morgan fingerprint density at radius 2 is 1.47 bits per heavy atom. The quantitative estimate of drug-likeness (QED) is 0.293. The van der Waals surface area contributed by atoms with Gasteiger partial charge in [-0.15, -0.1) is 0 Å². The summed E-state index contributed by atoms with van der Waals surface area (Å²) in [6.45, 7) is 1.95. The Morgan fingerprint density at radius 3 is 2.00 bits per heavy atom. The molecule has 0 aliphatic heterocycles. The predicted molar refractivity (Wildman–Crippen MR) is 69.9 cm³/mol. The Balaban J connectivity index is 0. The zero-order chi connectivity index (χ0) is 12.2. The van der Waals surface area contributed by atoms with Crippen molar-refractivity contribution in [2.75, 3.05) is 6.54 Å². The van der Waals surface area contributed by atoms with Gasteiger partial charge in [0.05, 0.1) is 6.54 Å². The van der Waals surface area contributed by atoms with Gasteiger partial charge >= 0.3 is 41.5 Å². The zero-order valence-corrected chi connectivity index (χ0v) is 10.2. The van der Waals surface area contributed by atoms with E-state index < -0.39 is 11.9 Å². The molecule has 17 heavy (non-hydrogen) atoms. The SMILES string of the molecule is CCCCCCCCCC(=O)OC(=O)CN.[NaH]. The van der Waals surface area contributed by atoms with Gasteiger partial charge in [-0.3, -0.25) is 9.59 Å². The average molecular weight is 253 g/mol. The van der Waals surface area contributed by atoms with Crippen LogP contribution in [0.5, 0.6) is 0 Å². The van der Waals surface area contributed by atoms with Crippen molar-refractivity contribution in [3.05, 3.63) is 0 Å². The monoisotopic (exact) mass is 253 g/mol. The van der Waals surface area contributed by atoms with E-state index in [9.17, 15) is 9.59 Å². The molecule has 5 heteroatoms. The standard InChI is InChI=1S/C12H23NO3.Na.H/c1-2-3-4-5-6-7-8-9-11(14)16-12(15)10-13;;/h2-10,13H2,1H3;;. The molecule has 0 rings (SSSR count). The van der Waals surface area contributed by atoms with Gasteiger partial charge in [-0.25, -0.2) is 0 Å². The molecule has 0 aromatic heterocycles. The molecule has 4 nitrogen and oxygen atoms in total. The molecule has 0 saturated heterocycles. The molecular formula is C12H24NNaO3. The number of esters is 2. The first-order valence-electron chi connectivity index (χ1n) is 6.14. The Bertz CT molecular complexity index is 210. The van der Waals surface area contributed by atoms with Crippen LogP contribution in [0.15, 0.2) is 0 Å². The molecule has 2 N–H and O–H groups in total. The summed E-state index contributed by atoms with van der Waals surface area (Å²) in [5, 5.41) is 0. The third-order valence-electron chi connectivity index (χ3n) is 2.38. The summed E-state index contributed by atoms with van der Waals surface area (Å²) in [6.07, 6.45) is 8.31. The van der Waals surface area contributed by atoms with Crippen molar-refractivity contribution in [2.45, 2.75) is 58.3 Å². The van der Waals surface area contributed by atoms with Gasteiger partial charge in [0.2, 0.25) is 0 Å². The molecule has 0 aliphatic carbocycles. The molecular weight excluding hydrogens is 229 g/mol. The number of unbranched alkanes of at least 4 members (excludes halogenated alkanes) is 6. The summed E-state index contributed by atoms with van der Waals surface area (Å²) < 4.78 is 4.44. The van der Waals surface area contributed by atoms with E-state index in [-0.39, 0.29) is 36.1 Å². The third kappa shape index (κ3) is 14.0. The second-order valence-corrected chi connectivity index (χ2v) is 3.92. The van der Waals surface area contributed by atoms with Crippen LogP contribution < -0.4 is 5.73 Å². The Morgan fingerprint density at radius 1 is 0.941 bits per heavy atom. The van der Waals surface area contributed by atoms with Gasteiger partial charge in [-0.05, 0) is 6.42 Å². The van der Waals surface area contributed by atoms with Gasteiger partial charge in [0, 0.05) is 6.42 Å². The molecule has 0 heterocycles. The Kier molecular flexibility index (Phi) is 16.2. The summed E-state index contributed by atoms with van der Waals surface area (Å²) in [5.74, 6) is -1.10. The van der Waals surface area contributed by atoms with Crippen molar-refractivity contribution in [1.82, 2.24) is 0 Å². The maximum atomic E-state index is 11.0. The summed E-state index contributed by atoms with van der Waals surface area (Å²) >= 11 is 0. The Hall–Kier alpha value is 0.1000. The number of hydrogen-bond acceptors (Lipinski definition) is 4. The molecule has 0 spiro atoms. The fourth-order valence-corrected chi connectivity index (χ4v) is 1.45. The first kappa shape index (κ1) is 19.4. The predicted octanol–water partition coefficient (Wildman–Crippen LogP) is 1.51. The van der Waals surface area contributed by atoms with Crippen molar-refractivity contribution < 1.29 is 14.3 Å². The molecule has 0 saturated carbocycles. The number of hydrogen-bond donors (Lipinski definition) is 1.